The van der Waals surface area contributed by atoms with E-state index in [-0.39, 0.29) is 18.3 Å². The molecule has 82 valence electrons. The van der Waals surface area contributed by atoms with E-state index in [1.54, 1.807) is 18.2 Å². The fraction of sp³-hybridized carbons (Fsp3) is 0.364. The first-order valence-corrected chi connectivity index (χ1v) is 4.82. The number of carbonyl (C=O) groups is 1. The topological polar surface area (TPSA) is 49.3 Å². The number of hydrogen-bond donors (Lipinski definition) is 2. The number of carboxylic acids is 1. The monoisotopic (exact) mass is 211 g/mol. The fourth-order valence-electron chi connectivity index (χ4n) is 1.26. The molecule has 1 aromatic rings. The number of hydrogen-bond acceptors (Lipinski definition) is 2. The molecular weight excluding hydrogens is 197 g/mol. The average Bonchev–Trinajstić information content (AvgIpc) is 2.18. The normalized spacial score (nSPS) is 12.1. The molecule has 0 aliphatic carbocycles. The summed E-state index contributed by atoms with van der Waals surface area (Å²) in [5.74, 6) is -1.16. The van der Waals surface area contributed by atoms with Gasteiger partial charge in [0.2, 0.25) is 0 Å². The number of para-hydroxylation sites is 1. The van der Waals surface area contributed by atoms with E-state index in [1.807, 2.05) is 6.92 Å². The highest BCUT2D eigenvalue weighted by molar-refractivity contribution is 5.66. The summed E-state index contributed by atoms with van der Waals surface area (Å²) in [6.45, 7) is 1.83. The van der Waals surface area contributed by atoms with Crippen molar-refractivity contribution in [3.8, 4) is 0 Å². The van der Waals surface area contributed by atoms with E-state index in [4.69, 9.17) is 5.11 Å². The zero-order chi connectivity index (χ0) is 11.3. The van der Waals surface area contributed by atoms with Crippen molar-refractivity contribution < 1.29 is 14.3 Å². The van der Waals surface area contributed by atoms with Gasteiger partial charge in [0.15, 0.2) is 0 Å². The molecule has 0 bridgehead atoms. The third kappa shape index (κ3) is 3.97. The minimum absolute atomic E-state index is 0.0574. The Morgan fingerprint density at radius 2 is 2.20 bits per heavy atom. The highest BCUT2D eigenvalue weighted by atomic mass is 19.1. The number of nitrogens with one attached hydrogen (secondary N) is 1. The molecule has 0 fully saturated rings. The maximum absolute atomic E-state index is 13.2. The summed E-state index contributed by atoms with van der Waals surface area (Å²) in [4.78, 5) is 10.3. The maximum atomic E-state index is 13.2. The molecule has 1 rings (SSSR count). The number of halogens is 1. The lowest BCUT2D eigenvalue weighted by molar-refractivity contribution is -0.137. The van der Waals surface area contributed by atoms with E-state index in [1.165, 1.54) is 6.07 Å². The molecule has 0 amide bonds. The second kappa shape index (κ2) is 5.34. The van der Waals surface area contributed by atoms with Gasteiger partial charge in [-0.25, -0.2) is 4.39 Å². The van der Waals surface area contributed by atoms with E-state index in [9.17, 15) is 9.18 Å². The van der Waals surface area contributed by atoms with Crippen molar-refractivity contribution in [2.75, 3.05) is 5.32 Å². The standard InChI is InChI=1S/C11H14FNO2/c1-8(6-7-11(14)15)13-10-5-3-2-4-9(10)12/h2-5,8,13H,6-7H2,1H3,(H,14,15). The molecule has 0 saturated carbocycles. The lowest BCUT2D eigenvalue weighted by Crippen LogP contribution is -2.17. The van der Waals surface area contributed by atoms with Crippen LogP contribution in [-0.4, -0.2) is 17.1 Å². The van der Waals surface area contributed by atoms with Crippen molar-refractivity contribution in [1.82, 2.24) is 0 Å². The van der Waals surface area contributed by atoms with Crippen LogP contribution >= 0.6 is 0 Å². The zero-order valence-electron chi connectivity index (χ0n) is 8.53. The molecule has 1 atom stereocenters. The Hall–Kier alpha value is -1.58. The van der Waals surface area contributed by atoms with Gasteiger partial charge in [0.05, 0.1) is 5.69 Å². The van der Waals surface area contributed by atoms with Gasteiger partial charge in [-0.05, 0) is 25.5 Å². The SMILES string of the molecule is CC(CCC(=O)O)Nc1ccccc1F. The average molecular weight is 211 g/mol. The Labute approximate surface area is 87.9 Å². The van der Waals surface area contributed by atoms with Gasteiger partial charge >= 0.3 is 5.97 Å². The van der Waals surface area contributed by atoms with Crippen molar-refractivity contribution in [2.24, 2.45) is 0 Å². The Morgan fingerprint density at radius 1 is 1.53 bits per heavy atom. The van der Waals surface area contributed by atoms with Crippen LogP contribution in [-0.2, 0) is 4.79 Å². The van der Waals surface area contributed by atoms with Gasteiger partial charge in [0, 0.05) is 12.5 Å². The van der Waals surface area contributed by atoms with Crippen LogP contribution in [0.3, 0.4) is 0 Å². The first kappa shape index (κ1) is 11.5. The molecule has 0 radical (unpaired) electrons. The van der Waals surface area contributed by atoms with Crippen LogP contribution in [0.15, 0.2) is 24.3 Å². The third-order valence-corrected chi connectivity index (χ3v) is 2.07. The number of anilines is 1. The molecule has 4 heteroatoms. The second-order valence-corrected chi connectivity index (χ2v) is 3.46. The van der Waals surface area contributed by atoms with E-state index < -0.39 is 5.97 Å². The van der Waals surface area contributed by atoms with Crippen molar-refractivity contribution in [2.45, 2.75) is 25.8 Å². The first-order valence-electron chi connectivity index (χ1n) is 4.82. The lowest BCUT2D eigenvalue weighted by atomic mass is 10.1. The smallest absolute Gasteiger partial charge is 0.303 e. The third-order valence-electron chi connectivity index (χ3n) is 2.07. The van der Waals surface area contributed by atoms with Gasteiger partial charge in [0.1, 0.15) is 5.82 Å². The molecule has 0 aliphatic rings. The highest BCUT2D eigenvalue weighted by Crippen LogP contribution is 2.14. The minimum atomic E-state index is -0.836. The Balaban J connectivity index is 2.47. The highest BCUT2D eigenvalue weighted by Gasteiger charge is 2.07. The quantitative estimate of drug-likeness (QED) is 0.786. The molecule has 0 aliphatic heterocycles. The van der Waals surface area contributed by atoms with Crippen LogP contribution in [0.25, 0.3) is 0 Å². The van der Waals surface area contributed by atoms with Gasteiger partial charge in [-0.2, -0.15) is 0 Å². The second-order valence-electron chi connectivity index (χ2n) is 3.46. The van der Waals surface area contributed by atoms with Crippen LogP contribution in [0.4, 0.5) is 10.1 Å². The predicted molar refractivity (Wildman–Crippen MR) is 56.4 cm³/mol. The summed E-state index contributed by atoms with van der Waals surface area (Å²) in [7, 11) is 0. The number of carboxylic acid groups (broad SMARTS) is 1. The van der Waals surface area contributed by atoms with Crippen LogP contribution in [0.5, 0.6) is 0 Å². The molecule has 1 aromatic carbocycles. The maximum Gasteiger partial charge on any atom is 0.303 e. The lowest BCUT2D eigenvalue weighted by Gasteiger charge is -2.14. The first-order chi connectivity index (χ1) is 7.09. The van der Waals surface area contributed by atoms with Gasteiger partial charge in [-0.15, -0.1) is 0 Å². The van der Waals surface area contributed by atoms with Gasteiger partial charge in [0.25, 0.3) is 0 Å². The molecule has 2 N–H and O–H groups in total. The Morgan fingerprint density at radius 3 is 2.80 bits per heavy atom. The molecule has 0 spiro atoms. The Bertz CT molecular complexity index is 341. The Kier molecular flexibility index (Phi) is 4.09. The molecule has 15 heavy (non-hydrogen) atoms. The minimum Gasteiger partial charge on any atom is -0.481 e. The van der Waals surface area contributed by atoms with E-state index in [0.717, 1.165) is 0 Å². The van der Waals surface area contributed by atoms with Gasteiger partial charge in [-0.1, -0.05) is 12.1 Å². The van der Waals surface area contributed by atoms with Crippen LogP contribution in [0.2, 0.25) is 0 Å². The van der Waals surface area contributed by atoms with E-state index in [0.29, 0.717) is 12.1 Å². The molecular formula is C11H14FNO2. The summed E-state index contributed by atoms with van der Waals surface area (Å²) in [5.41, 5.74) is 0.412. The summed E-state index contributed by atoms with van der Waals surface area (Å²) in [5, 5.41) is 11.4. The van der Waals surface area contributed by atoms with Crippen molar-refractivity contribution >= 4 is 11.7 Å². The molecule has 0 heterocycles. The van der Waals surface area contributed by atoms with E-state index >= 15 is 0 Å². The van der Waals surface area contributed by atoms with Gasteiger partial charge in [-0.3, -0.25) is 4.79 Å². The summed E-state index contributed by atoms with van der Waals surface area (Å²) in [6, 6.07) is 6.29. The number of rotatable bonds is 5. The van der Waals surface area contributed by atoms with Crippen molar-refractivity contribution in [3.05, 3.63) is 30.1 Å². The van der Waals surface area contributed by atoms with Gasteiger partial charge < -0.3 is 10.4 Å². The molecule has 0 saturated heterocycles. The van der Waals surface area contributed by atoms with Crippen LogP contribution in [0.1, 0.15) is 19.8 Å². The zero-order valence-corrected chi connectivity index (χ0v) is 8.53. The fourth-order valence-corrected chi connectivity index (χ4v) is 1.26. The largest absolute Gasteiger partial charge is 0.481 e. The van der Waals surface area contributed by atoms with Crippen LogP contribution in [0, 0.1) is 5.82 Å². The summed E-state index contributed by atoms with van der Waals surface area (Å²) < 4.78 is 13.2. The molecule has 1 unspecified atom stereocenters. The molecule has 3 nitrogen and oxygen atoms in total. The number of aliphatic carboxylic acids is 1. The van der Waals surface area contributed by atoms with E-state index in [2.05, 4.69) is 5.32 Å². The van der Waals surface area contributed by atoms with Crippen molar-refractivity contribution in [3.63, 3.8) is 0 Å². The molecule has 0 aromatic heterocycles. The summed E-state index contributed by atoms with van der Waals surface area (Å²) >= 11 is 0. The summed E-state index contributed by atoms with van der Waals surface area (Å²) in [6.07, 6.45) is 0.562. The van der Waals surface area contributed by atoms with Crippen molar-refractivity contribution in [1.29, 1.82) is 0 Å². The van der Waals surface area contributed by atoms with Crippen LogP contribution < -0.4 is 5.32 Å². The predicted octanol–water partition coefficient (Wildman–Crippen LogP) is 2.49. The number of benzene rings is 1.